The van der Waals surface area contributed by atoms with Crippen LogP contribution in [0.2, 0.25) is 0 Å². The average Bonchev–Trinajstić information content (AvgIpc) is 2.60. The van der Waals surface area contributed by atoms with Crippen LogP contribution >= 0.6 is 47.8 Å². The molecule has 64 valence electrons. The van der Waals surface area contributed by atoms with Crippen molar-refractivity contribution in [2.75, 3.05) is 0 Å². The molecular formula is C9H7Br3. The maximum atomic E-state index is 3.62. The van der Waals surface area contributed by atoms with Crippen molar-refractivity contribution in [3.05, 3.63) is 34.3 Å². The van der Waals surface area contributed by atoms with E-state index in [0.29, 0.717) is 5.92 Å². The monoisotopic (exact) mass is 352 g/mol. The molecule has 0 amide bonds. The van der Waals surface area contributed by atoms with Crippen LogP contribution in [0.5, 0.6) is 0 Å². The van der Waals surface area contributed by atoms with E-state index in [4.69, 9.17) is 0 Å². The van der Waals surface area contributed by atoms with E-state index in [1.807, 2.05) is 0 Å². The number of halogens is 3. The predicted octanol–water partition coefficient (Wildman–Crippen LogP) is 4.42. The minimum atomic E-state index is 0.167. The van der Waals surface area contributed by atoms with Gasteiger partial charge in [-0.1, -0.05) is 59.9 Å². The first-order valence-electron chi connectivity index (χ1n) is 3.73. The second-order valence-corrected chi connectivity index (χ2v) is 7.88. The van der Waals surface area contributed by atoms with Crippen molar-refractivity contribution in [1.29, 1.82) is 0 Å². The van der Waals surface area contributed by atoms with E-state index in [9.17, 15) is 0 Å². The van der Waals surface area contributed by atoms with Crippen LogP contribution in [-0.2, 0) is 0 Å². The van der Waals surface area contributed by atoms with Gasteiger partial charge in [0.25, 0.3) is 0 Å². The fraction of sp³-hybridized carbons (Fsp3) is 0.333. The maximum Gasteiger partial charge on any atom is 0.0881 e. The molecule has 1 saturated carbocycles. The summed E-state index contributed by atoms with van der Waals surface area (Å²) in [4.78, 5) is 0. The van der Waals surface area contributed by atoms with Crippen LogP contribution in [-0.4, -0.2) is 3.23 Å². The molecule has 0 spiro atoms. The van der Waals surface area contributed by atoms with Gasteiger partial charge >= 0.3 is 0 Å². The van der Waals surface area contributed by atoms with Crippen LogP contribution in [0.3, 0.4) is 0 Å². The standard InChI is InChI=1S/C9H7Br3/c10-7-3-1-2-6(4-7)8-5-9(8,11)12/h1-4,8H,5H2/t8-/m0/s1. The zero-order valence-electron chi connectivity index (χ0n) is 6.23. The van der Waals surface area contributed by atoms with Crippen molar-refractivity contribution in [3.8, 4) is 0 Å². The SMILES string of the molecule is Brc1cccc([C@@H]2CC2(Br)Br)c1. The Labute approximate surface area is 97.1 Å². The molecule has 0 radical (unpaired) electrons. The van der Waals surface area contributed by atoms with E-state index < -0.39 is 0 Å². The van der Waals surface area contributed by atoms with Crippen molar-refractivity contribution < 1.29 is 0 Å². The van der Waals surface area contributed by atoms with Crippen molar-refractivity contribution in [2.24, 2.45) is 0 Å². The molecule has 0 heterocycles. The van der Waals surface area contributed by atoms with E-state index in [0.717, 1.165) is 4.47 Å². The van der Waals surface area contributed by atoms with Crippen LogP contribution in [0.25, 0.3) is 0 Å². The summed E-state index contributed by atoms with van der Waals surface area (Å²) in [6, 6.07) is 8.47. The Morgan fingerprint density at radius 2 is 2.00 bits per heavy atom. The molecule has 0 aliphatic heterocycles. The van der Waals surface area contributed by atoms with Crippen LogP contribution in [0.1, 0.15) is 17.9 Å². The molecule has 1 atom stereocenters. The van der Waals surface area contributed by atoms with Gasteiger partial charge in [-0.3, -0.25) is 0 Å². The Hall–Kier alpha value is 0.660. The van der Waals surface area contributed by atoms with Gasteiger partial charge in [-0.25, -0.2) is 0 Å². The highest BCUT2D eigenvalue weighted by Crippen LogP contribution is 2.62. The highest BCUT2D eigenvalue weighted by atomic mass is 79.9. The molecule has 1 fully saturated rings. The number of benzene rings is 1. The van der Waals surface area contributed by atoms with E-state index >= 15 is 0 Å². The summed E-state index contributed by atoms with van der Waals surface area (Å²) in [5, 5.41) is 0. The largest absolute Gasteiger partial charge is 0.0881 e. The third-order valence-electron chi connectivity index (χ3n) is 2.08. The molecule has 1 aromatic carbocycles. The first-order valence-corrected chi connectivity index (χ1v) is 6.11. The van der Waals surface area contributed by atoms with E-state index in [1.54, 1.807) is 0 Å². The lowest BCUT2D eigenvalue weighted by molar-refractivity contribution is 1.12. The number of hydrogen-bond donors (Lipinski definition) is 0. The number of alkyl halides is 2. The summed E-state index contributed by atoms with van der Waals surface area (Å²) in [6.45, 7) is 0. The molecule has 12 heavy (non-hydrogen) atoms. The first-order chi connectivity index (χ1) is 5.59. The van der Waals surface area contributed by atoms with Gasteiger partial charge in [0.15, 0.2) is 0 Å². The van der Waals surface area contributed by atoms with E-state index in [2.05, 4.69) is 72.1 Å². The smallest absolute Gasteiger partial charge is 0.0720 e. The Morgan fingerprint density at radius 1 is 1.33 bits per heavy atom. The van der Waals surface area contributed by atoms with Gasteiger partial charge < -0.3 is 0 Å². The summed E-state index contributed by atoms with van der Waals surface area (Å²) < 4.78 is 1.32. The molecule has 0 unspecified atom stereocenters. The molecule has 1 aromatic rings. The summed E-state index contributed by atoms with van der Waals surface area (Å²) in [7, 11) is 0. The van der Waals surface area contributed by atoms with Gasteiger partial charge in [0.05, 0.1) is 3.23 Å². The topological polar surface area (TPSA) is 0 Å². The van der Waals surface area contributed by atoms with Gasteiger partial charge in [-0.05, 0) is 24.1 Å². The molecule has 0 saturated heterocycles. The molecule has 3 heteroatoms. The van der Waals surface area contributed by atoms with Gasteiger partial charge in [0, 0.05) is 10.4 Å². The van der Waals surface area contributed by atoms with Gasteiger partial charge in [0.1, 0.15) is 0 Å². The Bertz CT molecular complexity index is 306. The van der Waals surface area contributed by atoms with Crippen molar-refractivity contribution in [3.63, 3.8) is 0 Å². The van der Waals surface area contributed by atoms with Gasteiger partial charge in [-0.15, -0.1) is 0 Å². The Morgan fingerprint density at radius 3 is 2.50 bits per heavy atom. The van der Waals surface area contributed by atoms with Crippen molar-refractivity contribution in [1.82, 2.24) is 0 Å². The Balaban J connectivity index is 2.26. The molecule has 0 N–H and O–H groups in total. The van der Waals surface area contributed by atoms with Crippen LogP contribution in [0.15, 0.2) is 28.7 Å². The highest BCUT2D eigenvalue weighted by Gasteiger charge is 2.50. The first kappa shape index (κ1) is 9.22. The number of rotatable bonds is 1. The zero-order chi connectivity index (χ0) is 8.77. The lowest BCUT2D eigenvalue weighted by atomic mass is 10.1. The lowest BCUT2D eigenvalue weighted by Crippen LogP contribution is -1.87. The molecule has 2 rings (SSSR count). The summed E-state index contributed by atoms with van der Waals surface area (Å²) in [6.07, 6.45) is 1.17. The molecule has 0 aromatic heterocycles. The van der Waals surface area contributed by atoms with Gasteiger partial charge in [-0.2, -0.15) is 0 Å². The quantitative estimate of drug-likeness (QED) is 0.655. The lowest BCUT2D eigenvalue weighted by Gasteiger charge is -2.00. The van der Waals surface area contributed by atoms with Crippen molar-refractivity contribution >= 4 is 47.8 Å². The van der Waals surface area contributed by atoms with Crippen LogP contribution < -0.4 is 0 Å². The third-order valence-corrected chi connectivity index (χ3v) is 4.32. The third kappa shape index (κ3) is 1.78. The minimum Gasteiger partial charge on any atom is -0.0720 e. The van der Waals surface area contributed by atoms with E-state index in [-0.39, 0.29) is 3.23 Å². The molecule has 1 aliphatic rings. The summed E-state index contributed by atoms with van der Waals surface area (Å²) in [5.74, 6) is 0.620. The summed E-state index contributed by atoms with van der Waals surface area (Å²) >= 11 is 10.7. The van der Waals surface area contributed by atoms with Crippen LogP contribution in [0.4, 0.5) is 0 Å². The molecule has 0 nitrogen and oxygen atoms in total. The predicted molar refractivity (Wildman–Crippen MR) is 62.1 cm³/mol. The molecule has 0 bridgehead atoms. The number of hydrogen-bond acceptors (Lipinski definition) is 0. The zero-order valence-corrected chi connectivity index (χ0v) is 11.0. The summed E-state index contributed by atoms with van der Waals surface area (Å²) in [5.41, 5.74) is 1.39. The second-order valence-electron chi connectivity index (χ2n) is 3.07. The minimum absolute atomic E-state index is 0.167. The average molecular weight is 355 g/mol. The van der Waals surface area contributed by atoms with Crippen LogP contribution in [0, 0.1) is 0 Å². The second kappa shape index (κ2) is 3.10. The normalized spacial score (nSPS) is 25.4. The van der Waals surface area contributed by atoms with Gasteiger partial charge in [0.2, 0.25) is 0 Å². The fourth-order valence-corrected chi connectivity index (χ4v) is 2.89. The van der Waals surface area contributed by atoms with E-state index in [1.165, 1.54) is 12.0 Å². The molecule has 1 aliphatic carbocycles. The van der Waals surface area contributed by atoms with Crippen molar-refractivity contribution in [2.45, 2.75) is 15.6 Å². The fourth-order valence-electron chi connectivity index (χ4n) is 1.30. The molecular weight excluding hydrogens is 348 g/mol. The maximum absolute atomic E-state index is 3.62. The highest BCUT2D eigenvalue weighted by molar-refractivity contribution is 9.25. The Kier molecular flexibility index (Phi) is 2.39.